The van der Waals surface area contributed by atoms with Crippen LogP contribution in [0.3, 0.4) is 0 Å². The van der Waals surface area contributed by atoms with Crippen LogP contribution < -0.4 is 10.1 Å². The highest BCUT2D eigenvalue weighted by molar-refractivity contribution is 5.94. The minimum absolute atomic E-state index is 0.0752. The Morgan fingerprint density at radius 3 is 2.33 bits per heavy atom. The maximum Gasteiger partial charge on any atom is 0.251 e. The number of aryl methyl sites for hydroxylation is 1. The highest BCUT2D eigenvalue weighted by Gasteiger charge is 2.16. The lowest BCUT2D eigenvalue weighted by molar-refractivity contribution is 0.0939. The lowest BCUT2D eigenvalue weighted by Gasteiger charge is -2.24. The van der Waals surface area contributed by atoms with E-state index in [1.54, 1.807) is 7.11 Å². The van der Waals surface area contributed by atoms with Gasteiger partial charge in [-0.25, -0.2) is 0 Å². The van der Waals surface area contributed by atoms with Gasteiger partial charge in [0.25, 0.3) is 5.91 Å². The topological polar surface area (TPSA) is 41.6 Å². The number of methoxy groups -OCH3 is 1. The molecule has 2 rings (SSSR count). The van der Waals surface area contributed by atoms with Gasteiger partial charge in [-0.3, -0.25) is 9.69 Å². The number of amides is 1. The zero-order valence-electron chi connectivity index (χ0n) is 17.4. The first kappa shape index (κ1) is 21.0. The van der Waals surface area contributed by atoms with Crippen LogP contribution in [0.2, 0.25) is 0 Å². The van der Waals surface area contributed by atoms with Crippen molar-refractivity contribution in [2.24, 2.45) is 0 Å². The minimum atomic E-state index is -0.136. The standard InChI is InChI=1S/C23H32N2O2/c1-7-25(16(2)3)15-19-9-11-20(12-10-19)23(26)24-18(5)21-14-17(4)8-13-22(21)27-6/h8-14,16,18H,7,15H2,1-6H3,(H,24,26). The lowest BCUT2D eigenvalue weighted by Crippen LogP contribution is -2.30. The Bertz CT molecular complexity index is 753. The fourth-order valence-electron chi connectivity index (χ4n) is 3.21. The molecule has 2 aromatic rings. The van der Waals surface area contributed by atoms with Crippen LogP contribution in [0.4, 0.5) is 0 Å². The summed E-state index contributed by atoms with van der Waals surface area (Å²) in [7, 11) is 1.65. The van der Waals surface area contributed by atoms with E-state index in [-0.39, 0.29) is 11.9 Å². The SMILES string of the molecule is CCN(Cc1ccc(C(=O)NC(C)c2cc(C)ccc2OC)cc1)C(C)C. The lowest BCUT2D eigenvalue weighted by atomic mass is 10.0. The Morgan fingerprint density at radius 2 is 1.78 bits per heavy atom. The molecule has 0 saturated carbocycles. The summed E-state index contributed by atoms with van der Waals surface area (Å²) in [5, 5.41) is 3.07. The second-order valence-corrected chi connectivity index (χ2v) is 7.29. The van der Waals surface area contributed by atoms with Crippen LogP contribution in [-0.4, -0.2) is 30.5 Å². The Labute approximate surface area is 163 Å². The molecule has 4 nitrogen and oxygen atoms in total. The van der Waals surface area contributed by atoms with Gasteiger partial charge in [-0.1, -0.05) is 36.8 Å². The van der Waals surface area contributed by atoms with Gasteiger partial charge in [0.2, 0.25) is 0 Å². The number of nitrogens with zero attached hydrogens (tertiary/aromatic N) is 1. The largest absolute Gasteiger partial charge is 0.496 e. The Morgan fingerprint density at radius 1 is 1.11 bits per heavy atom. The third kappa shape index (κ3) is 5.57. The molecule has 0 saturated heterocycles. The predicted octanol–water partition coefficient (Wildman–Crippen LogP) is 4.72. The molecular formula is C23H32N2O2. The van der Waals surface area contributed by atoms with Gasteiger partial charge in [-0.2, -0.15) is 0 Å². The average molecular weight is 369 g/mol. The van der Waals surface area contributed by atoms with Crippen LogP contribution in [0.15, 0.2) is 42.5 Å². The molecule has 0 bridgehead atoms. The molecule has 2 aromatic carbocycles. The van der Waals surface area contributed by atoms with Crippen molar-refractivity contribution >= 4 is 5.91 Å². The zero-order valence-corrected chi connectivity index (χ0v) is 17.4. The smallest absolute Gasteiger partial charge is 0.251 e. The monoisotopic (exact) mass is 368 g/mol. The summed E-state index contributed by atoms with van der Waals surface area (Å²) in [6, 6.07) is 14.3. The van der Waals surface area contributed by atoms with Crippen LogP contribution in [-0.2, 0) is 6.54 Å². The second kappa shape index (κ2) is 9.56. The average Bonchev–Trinajstić information content (AvgIpc) is 2.66. The highest BCUT2D eigenvalue weighted by atomic mass is 16.5. The maximum atomic E-state index is 12.6. The van der Waals surface area contributed by atoms with Gasteiger partial charge in [0.05, 0.1) is 13.2 Å². The predicted molar refractivity (Wildman–Crippen MR) is 111 cm³/mol. The summed E-state index contributed by atoms with van der Waals surface area (Å²) in [5.74, 6) is 0.714. The van der Waals surface area contributed by atoms with Crippen molar-refractivity contribution in [2.75, 3.05) is 13.7 Å². The van der Waals surface area contributed by atoms with Gasteiger partial charge in [0, 0.05) is 23.7 Å². The summed E-state index contributed by atoms with van der Waals surface area (Å²) in [6.07, 6.45) is 0. The molecule has 0 radical (unpaired) electrons. The van der Waals surface area contributed by atoms with E-state index in [1.165, 1.54) is 5.56 Å². The van der Waals surface area contributed by atoms with E-state index in [0.29, 0.717) is 11.6 Å². The number of carbonyl (C=O) groups excluding carboxylic acids is 1. The normalized spacial score (nSPS) is 12.3. The van der Waals surface area contributed by atoms with Crippen molar-refractivity contribution in [2.45, 2.75) is 53.2 Å². The molecule has 0 aliphatic carbocycles. The molecule has 146 valence electrons. The molecule has 0 aromatic heterocycles. The number of rotatable bonds is 8. The van der Waals surface area contributed by atoms with Gasteiger partial charge in [0.1, 0.15) is 5.75 Å². The molecule has 27 heavy (non-hydrogen) atoms. The molecule has 0 aliphatic heterocycles. The van der Waals surface area contributed by atoms with Crippen molar-refractivity contribution in [1.82, 2.24) is 10.2 Å². The van der Waals surface area contributed by atoms with Gasteiger partial charge < -0.3 is 10.1 Å². The zero-order chi connectivity index (χ0) is 20.0. The van der Waals surface area contributed by atoms with Crippen LogP contribution in [0.25, 0.3) is 0 Å². The molecule has 0 spiro atoms. The Balaban J connectivity index is 2.07. The quantitative estimate of drug-likeness (QED) is 0.733. The fourth-order valence-corrected chi connectivity index (χ4v) is 3.21. The van der Waals surface area contributed by atoms with E-state index in [4.69, 9.17) is 4.74 Å². The summed E-state index contributed by atoms with van der Waals surface area (Å²) >= 11 is 0. The van der Waals surface area contributed by atoms with Crippen LogP contribution in [0, 0.1) is 6.92 Å². The first-order valence-electron chi connectivity index (χ1n) is 9.64. The number of benzene rings is 2. The molecule has 1 N–H and O–H groups in total. The molecule has 1 atom stereocenters. The van der Waals surface area contributed by atoms with E-state index < -0.39 is 0 Å². The molecule has 1 amide bonds. The van der Waals surface area contributed by atoms with Crippen molar-refractivity contribution in [3.63, 3.8) is 0 Å². The third-order valence-corrected chi connectivity index (χ3v) is 4.94. The van der Waals surface area contributed by atoms with Gasteiger partial charge in [0.15, 0.2) is 0 Å². The van der Waals surface area contributed by atoms with E-state index in [2.05, 4.69) is 37.1 Å². The van der Waals surface area contributed by atoms with Crippen LogP contribution in [0.5, 0.6) is 5.75 Å². The first-order valence-corrected chi connectivity index (χ1v) is 9.64. The van der Waals surface area contributed by atoms with E-state index in [1.807, 2.05) is 50.2 Å². The van der Waals surface area contributed by atoms with Crippen molar-refractivity contribution in [3.05, 3.63) is 64.7 Å². The van der Waals surface area contributed by atoms with E-state index >= 15 is 0 Å². The third-order valence-electron chi connectivity index (χ3n) is 4.94. The molecule has 4 heteroatoms. The second-order valence-electron chi connectivity index (χ2n) is 7.29. The molecule has 0 aliphatic rings. The van der Waals surface area contributed by atoms with E-state index in [0.717, 1.165) is 30.0 Å². The first-order chi connectivity index (χ1) is 12.8. The summed E-state index contributed by atoms with van der Waals surface area (Å²) in [4.78, 5) is 15.0. The molecule has 1 unspecified atom stereocenters. The number of hydrogen-bond acceptors (Lipinski definition) is 3. The maximum absolute atomic E-state index is 12.6. The van der Waals surface area contributed by atoms with Gasteiger partial charge in [-0.15, -0.1) is 0 Å². The van der Waals surface area contributed by atoms with Crippen molar-refractivity contribution in [1.29, 1.82) is 0 Å². The highest BCUT2D eigenvalue weighted by Crippen LogP contribution is 2.26. The van der Waals surface area contributed by atoms with Crippen molar-refractivity contribution in [3.8, 4) is 5.75 Å². The fraction of sp³-hybridized carbons (Fsp3) is 0.435. The Kier molecular flexibility index (Phi) is 7.43. The minimum Gasteiger partial charge on any atom is -0.496 e. The number of ether oxygens (including phenoxy) is 1. The Hall–Kier alpha value is -2.33. The van der Waals surface area contributed by atoms with E-state index in [9.17, 15) is 4.79 Å². The number of nitrogens with one attached hydrogen (secondary N) is 1. The summed E-state index contributed by atoms with van der Waals surface area (Å²) in [5.41, 5.74) is 4.01. The number of carbonyl (C=O) groups is 1. The summed E-state index contributed by atoms with van der Waals surface area (Å²) < 4.78 is 5.44. The van der Waals surface area contributed by atoms with Crippen LogP contribution in [0.1, 0.15) is 60.8 Å². The van der Waals surface area contributed by atoms with Gasteiger partial charge in [-0.05, 0) is 58.0 Å². The molecule has 0 heterocycles. The van der Waals surface area contributed by atoms with Crippen molar-refractivity contribution < 1.29 is 9.53 Å². The van der Waals surface area contributed by atoms with Gasteiger partial charge >= 0.3 is 0 Å². The molecular weight excluding hydrogens is 336 g/mol. The molecule has 0 fully saturated rings. The van der Waals surface area contributed by atoms with Crippen LogP contribution >= 0.6 is 0 Å². The summed E-state index contributed by atoms with van der Waals surface area (Å²) in [6.45, 7) is 12.5. The number of hydrogen-bond donors (Lipinski definition) is 1.